The molecule has 0 bridgehead atoms. The molecule has 0 aliphatic carbocycles. The summed E-state index contributed by atoms with van der Waals surface area (Å²) < 4.78 is 5.71. The van der Waals surface area contributed by atoms with Crippen molar-refractivity contribution in [1.82, 2.24) is 0 Å². The van der Waals surface area contributed by atoms with E-state index in [-0.39, 0.29) is 0 Å². The lowest BCUT2D eigenvalue weighted by Crippen LogP contribution is -1.95. The van der Waals surface area contributed by atoms with Crippen LogP contribution in [0, 0.1) is 18.3 Å². The molecule has 0 saturated carbocycles. The summed E-state index contributed by atoms with van der Waals surface area (Å²) in [6.45, 7) is 2.42. The SMILES string of the molecule is Cc1cc(Oc2ccc(CN)cc2)ccc1C#N. The highest BCUT2D eigenvalue weighted by atomic mass is 16.5. The van der Waals surface area contributed by atoms with Crippen LogP contribution in [0.2, 0.25) is 0 Å². The Morgan fingerprint density at radius 2 is 1.78 bits per heavy atom. The van der Waals surface area contributed by atoms with Gasteiger partial charge in [-0.15, -0.1) is 0 Å². The maximum atomic E-state index is 8.85. The third-order valence-electron chi connectivity index (χ3n) is 2.71. The van der Waals surface area contributed by atoms with E-state index < -0.39 is 0 Å². The highest BCUT2D eigenvalue weighted by molar-refractivity contribution is 5.43. The molecule has 3 heteroatoms. The van der Waals surface area contributed by atoms with Gasteiger partial charge in [0.25, 0.3) is 0 Å². The molecular weight excluding hydrogens is 224 g/mol. The van der Waals surface area contributed by atoms with Crippen molar-refractivity contribution >= 4 is 0 Å². The number of nitriles is 1. The fourth-order valence-corrected chi connectivity index (χ4v) is 1.65. The summed E-state index contributed by atoms with van der Waals surface area (Å²) in [6.07, 6.45) is 0. The maximum absolute atomic E-state index is 8.85. The molecule has 2 rings (SSSR count). The number of hydrogen-bond donors (Lipinski definition) is 1. The average molecular weight is 238 g/mol. The van der Waals surface area contributed by atoms with Crippen molar-refractivity contribution in [2.24, 2.45) is 5.73 Å². The van der Waals surface area contributed by atoms with Gasteiger partial charge >= 0.3 is 0 Å². The van der Waals surface area contributed by atoms with E-state index in [0.717, 1.165) is 22.6 Å². The van der Waals surface area contributed by atoms with Gasteiger partial charge < -0.3 is 10.5 Å². The largest absolute Gasteiger partial charge is 0.457 e. The lowest BCUT2D eigenvalue weighted by molar-refractivity contribution is 0.482. The third-order valence-corrected chi connectivity index (χ3v) is 2.71. The first-order valence-electron chi connectivity index (χ1n) is 5.70. The van der Waals surface area contributed by atoms with E-state index in [4.69, 9.17) is 15.7 Å². The Labute approximate surface area is 106 Å². The highest BCUT2D eigenvalue weighted by Gasteiger charge is 2.01. The van der Waals surface area contributed by atoms with Gasteiger partial charge in [0.1, 0.15) is 11.5 Å². The van der Waals surface area contributed by atoms with E-state index in [9.17, 15) is 0 Å². The van der Waals surface area contributed by atoms with Crippen molar-refractivity contribution in [1.29, 1.82) is 5.26 Å². The van der Waals surface area contributed by atoms with Crippen LogP contribution in [0.5, 0.6) is 11.5 Å². The summed E-state index contributed by atoms with van der Waals surface area (Å²) in [7, 11) is 0. The average Bonchev–Trinajstić information content (AvgIpc) is 2.40. The predicted octanol–water partition coefficient (Wildman–Crippen LogP) is 3.12. The summed E-state index contributed by atoms with van der Waals surface area (Å²) >= 11 is 0. The fourth-order valence-electron chi connectivity index (χ4n) is 1.65. The third kappa shape index (κ3) is 2.68. The van der Waals surface area contributed by atoms with E-state index in [1.165, 1.54) is 0 Å². The minimum Gasteiger partial charge on any atom is -0.457 e. The zero-order valence-corrected chi connectivity index (χ0v) is 10.2. The van der Waals surface area contributed by atoms with Gasteiger partial charge in [-0.1, -0.05) is 12.1 Å². The molecule has 18 heavy (non-hydrogen) atoms. The first-order valence-corrected chi connectivity index (χ1v) is 5.70. The van der Waals surface area contributed by atoms with Crippen molar-refractivity contribution in [2.45, 2.75) is 13.5 Å². The summed E-state index contributed by atoms with van der Waals surface area (Å²) in [5.74, 6) is 1.49. The molecule has 0 aliphatic rings. The molecule has 0 unspecified atom stereocenters. The van der Waals surface area contributed by atoms with Gasteiger partial charge in [0.15, 0.2) is 0 Å². The molecule has 0 amide bonds. The van der Waals surface area contributed by atoms with E-state index in [1.807, 2.05) is 37.3 Å². The Bertz CT molecular complexity index is 582. The van der Waals surface area contributed by atoms with Gasteiger partial charge in [-0.05, 0) is 48.4 Å². The molecule has 0 heterocycles. The molecule has 2 aromatic rings. The molecular formula is C15H14N2O. The van der Waals surface area contributed by atoms with Gasteiger partial charge in [-0.25, -0.2) is 0 Å². The van der Waals surface area contributed by atoms with Gasteiger partial charge in [0.2, 0.25) is 0 Å². The van der Waals surface area contributed by atoms with Crippen molar-refractivity contribution in [3.63, 3.8) is 0 Å². The quantitative estimate of drug-likeness (QED) is 0.893. The Morgan fingerprint density at radius 3 is 2.33 bits per heavy atom. The topological polar surface area (TPSA) is 59.0 Å². The van der Waals surface area contributed by atoms with Gasteiger partial charge in [-0.3, -0.25) is 0 Å². The van der Waals surface area contributed by atoms with E-state index in [0.29, 0.717) is 12.1 Å². The minimum absolute atomic E-state index is 0.524. The maximum Gasteiger partial charge on any atom is 0.127 e. The molecule has 0 spiro atoms. The van der Waals surface area contributed by atoms with Crippen LogP contribution in [0.1, 0.15) is 16.7 Å². The van der Waals surface area contributed by atoms with Crippen molar-refractivity contribution in [3.05, 3.63) is 59.2 Å². The monoisotopic (exact) mass is 238 g/mol. The highest BCUT2D eigenvalue weighted by Crippen LogP contribution is 2.23. The lowest BCUT2D eigenvalue weighted by atomic mass is 10.1. The van der Waals surface area contributed by atoms with Crippen LogP contribution < -0.4 is 10.5 Å². The number of rotatable bonds is 3. The van der Waals surface area contributed by atoms with Crippen molar-refractivity contribution in [2.75, 3.05) is 0 Å². The van der Waals surface area contributed by atoms with Crippen LogP contribution in [0.3, 0.4) is 0 Å². The fraction of sp³-hybridized carbons (Fsp3) is 0.133. The van der Waals surface area contributed by atoms with E-state index >= 15 is 0 Å². The Kier molecular flexibility index (Phi) is 3.61. The van der Waals surface area contributed by atoms with Crippen LogP contribution in [-0.2, 0) is 6.54 Å². The number of nitrogens with zero attached hydrogens (tertiary/aromatic N) is 1. The smallest absolute Gasteiger partial charge is 0.127 e. The molecule has 0 radical (unpaired) electrons. The molecule has 3 nitrogen and oxygen atoms in total. The second-order valence-electron chi connectivity index (χ2n) is 4.04. The first-order chi connectivity index (χ1) is 8.72. The standard InChI is InChI=1S/C15H14N2O/c1-11-8-15(7-4-13(11)10-17)18-14-5-2-12(9-16)3-6-14/h2-8H,9,16H2,1H3. The lowest BCUT2D eigenvalue weighted by Gasteiger charge is -2.07. The molecule has 0 aliphatic heterocycles. The summed E-state index contributed by atoms with van der Waals surface area (Å²) in [4.78, 5) is 0. The number of benzene rings is 2. The molecule has 0 fully saturated rings. The Morgan fingerprint density at radius 1 is 1.11 bits per heavy atom. The Hall–Kier alpha value is -2.31. The van der Waals surface area contributed by atoms with Crippen LogP contribution in [0.25, 0.3) is 0 Å². The predicted molar refractivity (Wildman–Crippen MR) is 70.3 cm³/mol. The molecule has 2 aromatic carbocycles. The van der Waals surface area contributed by atoms with Crippen molar-refractivity contribution < 1.29 is 4.74 Å². The minimum atomic E-state index is 0.524. The van der Waals surface area contributed by atoms with Crippen LogP contribution in [-0.4, -0.2) is 0 Å². The zero-order valence-electron chi connectivity index (χ0n) is 10.2. The Balaban J connectivity index is 2.18. The van der Waals surface area contributed by atoms with Crippen LogP contribution in [0.4, 0.5) is 0 Å². The second kappa shape index (κ2) is 5.35. The summed E-state index contributed by atoms with van der Waals surface area (Å²) in [5.41, 5.74) is 8.18. The second-order valence-corrected chi connectivity index (χ2v) is 4.04. The number of hydrogen-bond acceptors (Lipinski definition) is 3. The molecule has 0 atom stereocenters. The van der Waals surface area contributed by atoms with E-state index in [2.05, 4.69) is 6.07 Å². The van der Waals surface area contributed by atoms with Gasteiger partial charge in [0, 0.05) is 6.54 Å². The first kappa shape index (κ1) is 12.2. The normalized spacial score (nSPS) is 9.83. The summed E-state index contributed by atoms with van der Waals surface area (Å²) in [6, 6.07) is 15.2. The molecule has 0 saturated heterocycles. The zero-order chi connectivity index (χ0) is 13.0. The molecule has 90 valence electrons. The van der Waals surface area contributed by atoms with Crippen LogP contribution in [0.15, 0.2) is 42.5 Å². The van der Waals surface area contributed by atoms with Gasteiger partial charge in [-0.2, -0.15) is 5.26 Å². The van der Waals surface area contributed by atoms with Crippen LogP contribution >= 0.6 is 0 Å². The molecule has 2 N–H and O–H groups in total. The van der Waals surface area contributed by atoms with Gasteiger partial charge in [0.05, 0.1) is 11.6 Å². The van der Waals surface area contributed by atoms with Crippen molar-refractivity contribution in [3.8, 4) is 17.6 Å². The number of aryl methyl sites for hydroxylation is 1. The number of nitrogens with two attached hydrogens (primary N) is 1. The molecule has 0 aromatic heterocycles. The summed E-state index contributed by atoms with van der Waals surface area (Å²) in [5, 5.41) is 8.85. The number of ether oxygens (including phenoxy) is 1. The van der Waals surface area contributed by atoms with E-state index in [1.54, 1.807) is 12.1 Å².